The normalized spacial score (nSPS) is 10.4. The fourth-order valence-corrected chi connectivity index (χ4v) is 2.97. The van der Waals surface area contributed by atoms with Crippen molar-refractivity contribution in [3.63, 3.8) is 0 Å². The van der Waals surface area contributed by atoms with Crippen molar-refractivity contribution in [3.05, 3.63) is 106 Å². The number of carbonyl (C=O) groups excluding carboxylic acids is 2. The quantitative estimate of drug-likeness (QED) is 0.682. The molecule has 28 heavy (non-hydrogen) atoms. The van der Waals surface area contributed by atoms with E-state index in [9.17, 15) is 9.59 Å². The third-order valence-electron chi connectivity index (χ3n) is 4.65. The van der Waals surface area contributed by atoms with Gasteiger partial charge >= 0.3 is 0 Å². The van der Waals surface area contributed by atoms with Gasteiger partial charge in [-0.3, -0.25) is 9.59 Å². The van der Waals surface area contributed by atoms with Gasteiger partial charge in [-0.2, -0.15) is 0 Å². The van der Waals surface area contributed by atoms with Crippen molar-refractivity contribution in [1.82, 2.24) is 10.6 Å². The second kappa shape index (κ2) is 9.00. The molecular formula is C24H24N2O2. The Kier molecular flexibility index (Phi) is 6.22. The highest BCUT2D eigenvalue weighted by Crippen LogP contribution is 2.09. The van der Waals surface area contributed by atoms with Crippen molar-refractivity contribution in [3.8, 4) is 0 Å². The molecule has 4 heteroatoms. The van der Waals surface area contributed by atoms with Crippen LogP contribution in [-0.4, -0.2) is 11.8 Å². The summed E-state index contributed by atoms with van der Waals surface area (Å²) in [6, 6.07) is 22.7. The predicted octanol–water partition coefficient (Wildman–Crippen LogP) is 4.16. The first-order valence-corrected chi connectivity index (χ1v) is 9.29. The van der Waals surface area contributed by atoms with Crippen LogP contribution in [0.4, 0.5) is 0 Å². The highest BCUT2D eigenvalue weighted by atomic mass is 16.2. The highest BCUT2D eigenvalue weighted by molar-refractivity contribution is 5.97. The van der Waals surface area contributed by atoms with Crippen molar-refractivity contribution in [2.24, 2.45) is 0 Å². The zero-order valence-electron chi connectivity index (χ0n) is 16.2. The number of amides is 2. The van der Waals surface area contributed by atoms with Crippen LogP contribution in [0.5, 0.6) is 0 Å². The van der Waals surface area contributed by atoms with Crippen molar-refractivity contribution in [2.45, 2.75) is 26.9 Å². The zero-order valence-corrected chi connectivity index (χ0v) is 16.2. The van der Waals surface area contributed by atoms with Crippen molar-refractivity contribution in [1.29, 1.82) is 0 Å². The fourth-order valence-electron chi connectivity index (χ4n) is 2.97. The van der Waals surface area contributed by atoms with Gasteiger partial charge < -0.3 is 10.6 Å². The summed E-state index contributed by atoms with van der Waals surface area (Å²) in [7, 11) is 0. The van der Waals surface area contributed by atoms with Gasteiger partial charge in [-0.25, -0.2) is 0 Å². The Morgan fingerprint density at radius 2 is 1.32 bits per heavy atom. The lowest BCUT2D eigenvalue weighted by atomic mass is 10.1. The number of nitrogens with one attached hydrogen (secondary N) is 2. The lowest BCUT2D eigenvalue weighted by molar-refractivity contribution is 0.0939. The van der Waals surface area contributed by atoms with Gasteiger partial charge in [0.05, 0.1) is 0 Å². The van der Waals surface area contributed by atoms with Gasteiger partial charge in [0, 0.05) is 24.2 Å². The van der Waals surface area contributed by atoms with Crippen LogP contribution < -0.4 is 10.6 Å². The molecule has 0 aliphatic rings. The maximum atomic E-state index is 12.3. The molecule has 0 atom stereocenters. The molecule has 4 nitrogen and oxygen atoms in total. The van der Waals surface area contributed by atoms with E-state index in [0.717, 1.165) is 22.3 Å². The van der Waals surface area contributed by atoms with Gasteiger partial charge in [-0.15, -0.1) is 0 Å². The molecular weight excluding hydrogens is 348 g/mol. The molecule has 2 N–H and O–H groups in total. The average molecular weight is 372 g/mol. The predicted molar refractivity (Wildman–Crippen MR) is 111 cm³/mol. The van der Waals surface area contributed by atoms with Crippen molar-refractivity contribution in [2.75, 3.05) is 0 Å². The first-order valence-electron chi connectivity index (χ1n) is 9.29. The van der Waals surface area contributed by atoms with E-state index < -0.39 is 0 Å². The van der Waals surface area contributed by atoms with E-state index in [2.05, 4.69) is 10.6 Å². The zero-order chi connectivity index (χ0) is 19.9. The Hall–Kier alpha value is -3.40. The van der Waals surface area contributed by atoms with Gasteiger partial charge in [0.2, 0.25) is 0 Å². The van der Waals surface area contributed by atoms with E-state index in [0.29, 0.717) is 24.2 Å². The Bertz CT molecular complexity index is 978. The third kappa shape index (κ3) is 5.07. The highest BCUT2D eigenvalue weighted by Gasteiger charge is 2.09. The maximum Gasteiger partial charge on any atom is 0.251 e. The molecule has 2 amide bonds. The summed E-state index contributed by atoms with van der Waals surface area (Å²) in [5, 5.41) is 5.82. The van der Waals surface area contributed by atoms with Crippen LogP contribution in [-0.2, 0) is 13.1 Å². The van der Waals surface area contributed by atoms with E-state index in [1.54, 1.807) is 24.3 Å². The molecule has 0 aromatic heterocycles. The number of rotatable bonds is 6. The van der Waals surface area contributed by atoms with E-state index in [1.165, 1.54) is 0 Å². The van der Waals surface area contributed by atoms with Crippen LogP contribution >= 0.6 is 0 Å². The van der Waals surface area contributed by atoms with E-state index in [4.69, 9.17) is 0 Å². The molecule has 0 saturated carbocycles. The van der Waals surface area contributed by atoms with Gasteiger partial charge in [0.15, 0.2) is 0 Å². The van der Waals surface area contributed by atoms with Crippen LogP contribution in [0.3, 0.4) is 0 Å². The van der Waals surface area contributed by atoms with Crippen molar-refractivity contribution >= 4 is 11.8 Å². The summed E-state index contributed by atoms with van der Waals surface area (Å²) < 4.78 is 0. The second-order valence-corrected chi connectivity index (χ2v) is 6.86. The number of hydrogen-bond donors (Lipinski definition) is 2. The summed E-state index contributed by atoms with van der Waals surface area (Å²) in [5.74, 6) is -0.316. The smallest absolute Gasteiger partial charge is 0.251 e. The van der Waals surface area contributed by atoms with Crippen molar-refractivity contribution < 1.29 is 9.59 Å². The van der Waals surface area contributed by atoms with Crippen LogP contribution in [0.25, 0.3) is 0 Å². The molecule has 0 aliphatic heterocycles. The van der Waals surface area contributed by atoms with Crippen LogP contribution in [0, 0.1) is 13.8 Å². The third-order valence-corrected chi connectivity index (χ3v) is 4.65. The lowest BCUT2D eigenvalue weighted by Gasteiger charge is -2.09. The largest absolute Gasteiger partial charge is 0.348 e. The summed E-state index contributed by atoms with van der Waals surface area (Å²) in [4.78, 5) is 24.7. The standard InChI is InChI=1S/C24H24N2O2/c1-17-6-5-8-19(14-17)15-25-23(27)20-10-12-21(13-11-20)24(28)26-16-22-9-4-3-7-18(22)2/h3-14H,15-16H2,1-2H3,(H,25,27)(H,26,28). The molecule has 0 bridgehead atoms. The Balaban J connectivity index is 1.55. The summed E-state index contributed by atoms with van der Waals surface area (Å²) >= 11 is 0. The number of benzene rings is 3. The van der Waals surface area contributed by atoms with Gasteiger partial charge in [0.25, 0.3) is 11.8 Å². The maximum absolute atomic E-state index is 12.3. The van der Waals surface area contributed by atoms with Crippen LogP contribution in [0.2, 0.25) is 0 Å². The van der Waals surface area contributed by atoms with Gasteiger partial charge in [-0.05, 0) is 54.8 Å². The topological polar surface area (TPSA) is 58.2 Å². The Labute approximate surface area is 165 Å². The minimum atomic E-state index is -0.159. The lowest BCUT2D eigenvalue weighted by Crippen LogP contribution is -2.24. The molecule has 0 spiro atoms. The fraction of sp³-hybridized carbons (Fsp3) is 0.167. The minimum absolute atomic E-state index is 0.157. The molecule has 3 aromatic rings. The molecule has 142 valence electrons. The molecule has 3 aromatic carbocycles. The van der Waals surface area contributed by atoms with E-state index in [-0.39, 0.29) is 11.8 Å². The summed E-state index contributed by atoms with van der Waals surface area (Å²) in [6.07, 6.45) is 0. The second-order valence-electron chi connectivity index (χ2n) is 6.86. The summed E-state index contributed by atoms with van der Waals surface area (Å²) in [6.45, 7) is 4.99. The first-order chi connectivity index (χ1) is 13.5. The Morgan fingerprint density at radius 1 is 0.714 bits per heavy atom. The molecule has 0 aliphatic carbocycles. The van der Waals surface area contributed by atoms with Gasteiger partial charge in [0.1, 0.15) is 0 Å². The molecule has 0 saturated heterocycles. The van der Waals surface area contributed by atoms with E-state index in [1.807, 2.05) is 62.4 Å². The first kappa shape index (κ1) is 19.4. The molecule has 3 rings (SSSR count). The molecule has 0 heterocycles. The van der Waals surface area contributed by atoms with Crippen LogP contribution in [0.15, 0.2) is 72.8 Å². The SMILES string of the molecule is Cc1cccc(CNC(=O)c2ccc(C(=O)NCc3ccccc3C)cc2)c1. The van der Waals surface area contributed by atoms with Gasteiger partial charge in [-0.1, -0.05) is 54.1 Å². The monoisotopic (exact) mass is 372 g/mol. The Morgan fingerprint density at radius 3 is 1.93 bits per heavy atom. The van der Waals surface area contributed by atoms with Crippen LogP contribution in [0.1, 0.15) is 43.0 Å². The minimum Gasteiger partial charge on any atom is -0.348 e. The molecule has 0 radical (unpaired) electrons. The number of aryl methyl sites for hydroxylation is 2. The summed E-state index contributed by atoms with van der Waals surface area (Å²) in [5.41, 5.74) is 5.51. The number of hydrogen-bond acceptors (Lipinski definition) is 2. The molecule has 0 fully saturated rings. The average Bonchev–Trinajstić information content (AvgIpc) is 2.71. The molecule has 0 unspecified atom stereocenters. The van der Waals surface area contributed by atoms with E-state index >= 15 is 0 Å². The number of carbonyl (C=O) groups is 2.